The number of hydrogen-bond donors (Lipinski definition) is 3. The Hall–Kier alpha value is -1.27. The number of aliphatic hydroxyl groups excluding tert-OH is 1. The Bertz CT molecular complexity index is 399. The van der Waals surface area contributed by atoms with E-state index in [2.05, 4.69) is 6.58 Å². The molecule has 0 aromatic heterocycles. The molecule has 14 heavy (non-hydrogen) atoms. The van der Waals surface area contributed by atoms with E-state index in [1.807, 2.05) is 0 Å². The van der Waals surface area contributed by atoms with Crippen molar-refractivity contribution in [1.29, 1.82) is 0 Å². The van der Waals surface area contributed by atoms with Crippen LogP contribution in [0.4, 0.5) is 0 Å². The Morgan fingerprint density at radius 2 is 1.86 bits per heavy atom. The summed E-state index contributed by atoms with van der Waals surface area (Å²) in [5, 5.41) is 8.99. The molecule has 5 nitrogen and oxygen atoms in total. The van der Waals surface area contributed by atoms with Gasteiger partial charge >= 0.3 is 0 Å². The smallest absolute Gasteiger partial charge is 0.295 e. The van der Waals surface area contributed by atoms with Gasteiger partial charge in [0.25, 0.3) is 10.1 Å². The zero-order chi connectivity index (χ0) is 11.5. The summed E-state index contributed by atoms with van der Waals surface area (Å²) in [4.78, 5) is -0.585. The van der Waals surface area contributed by atoms with Crippen LogP contribution in [0, 0.1) is 0 Å². The third-order valence-electron chi connectivity index (χ3n) is 1.58. The van der Waals surface area contributed by atoms with E-state index in [0.717, 1.165) is 0 Å². The third-order valence-corrected chi connectivity index (χ3v) is 2.43. The summed E-state index contributed by atoms with van der Waals surface area (Å²) in [6.45, 7) is 6.07. The topological polar surface area (TPSA) is 101 Å². The minimum absolute atomic E-state index is 0.0103. The fraction of sp³-hybridized carbons (Fsp3) is 0.250. The molecular formula is C8H13NO4S. The maximum absolute atomic E-state index is 10.6. The fourth-order valence-electron chi connectivity index (χ4n) is 0.567. The first-order chi connectivity index (χ1) is 6.16. The number of nitrogens with two attached hydrogens (primary N) is 1. The van der Waals surface area contributed by atoms with Crippen LogP contribution in [0.1, 0.15) is 13.8 Å². The highest BCUT2D eigenvalue weighted by atomic mass is 32.2. The molecule has 0 aromatic carbocycles. The van der Waals surface area contributed by atoms with Crippen molar-refractivity contribution in [2.24, 2.45) is 5.73 Å². The lowest BCUT2D eigenvalue weighted by molar-refractivity contribution is 0.409. The van der Waals surface area contributed by atoms with Gasteiger partial charge in [-0.15, -0.1) is 0 Å². The van der Waals surface area contributed by atoms with E-state index in [4.69, 9.17) is 15.4 Å². The van der Waals surface area contributed by atoms with E-state index < -0.39 is 15.0 Å². The van der Waals surface area contributed by atoms with Gasteiger partial charge in [0.1, 0.15) is 4.91 Å². The second-order valence-electron chi connectivity index (χ2n) is 2.77. The molecule has 0 aliphatic rings. The Kier molecular flexibility index (Phi) is 3.91. The summed E-state index contributed by atoms with van der Waals surface area (Å²) in [6, 6.07) is 0. The van der Waals surface area contributed by atoms with Gasteiger partial charge in [-0.25, -0.2) is 0 Å². The third kappa shape index (κ3) is 3.63. The lowest BCUT2D eigenvalue weighted by atomic mass is 10.2. The van der Waals surface area contributed by atoms with Gasteiger partial charge in [0.05, 0.1) is 11.5 Å². The molecule has 0 amide bonds. The van der Waals surface area contributed by atoms with Gasteiger partial charge in [0.2, 0.25) is 0 Å². The van der Waals surface area contributed by atoms with Crippen LogP contribution in [0.2, 0.25) is 0 Å². The van der Waals surface area contributed by atoms with Crippen LogP contribution in [0.15, 0.2) is 34.6 Å². The molecule has 0 spiro atoms. The average molecular weight is 219 g/mol. The first-order valence-electron chi connectivity index (χ1n) is 3.66. The Balaban J connectivity index is 5.10. The first kappa shape index (κ1) is 12.7. The van der Waals surface area contributed by atoms with E-state index in [0.29, 0.717) is 5.57 Å². The Labute approximate surface area is 83.0 Å². The monoisotopic (exact) mass is 219 g/mol. The summed E-state index contributed by atoms with van der Waals surface area (Å²) in [6.07, 6.45) is 1.21. The summed E-state index contributed by atoms with van der Waals surface area (Å²) < 4.78 is 29.7. The zero-order valence-corrected chi connectivity index (χ0v) is 8.80. The Morgan fingerprint density at radius 3 is 2.14 bits per heavy atom. The zero-order valence-electron chi connectivity index (χ0n) is 7.98. The van der Waals surface area contributed by atoms with Crippen LogP contribution >= 0.6 is 0 Å². The number of rotatable bonds is 3. The van der Waals surface area contributed by atoms with Crippen molar-refractivity contribution in [3.05, 3.63) is 34.6 Å². The normalized spacial score (nSPS) is 14.9. The molecule has 0 unspecified atom stereocenters. The molecule has 80 valence electrons. The second-order valence-corrected chi connectivity index (χ2v) is 4.21. The molecule has 0 rings (SSSR count). The van der Waals surface area contributed by atoms with E-state index in [-0.39, 0.29) is 11.5 Å². The molecule has 0 saturated heterocycles. The van der Waals surface area contributed by atoms with Crippen LogP contribution < -0.4 is 5.73 Å². The molecule has 0 aliphatic carbocycles. The summed E-state index contributed by atoms with van der Waals surface area (Å²) in [7, 11) is -4.37. The molecule has 0 heterocycles. The minimum atomic E-state index is -4.37. The van der Waals surface area contributed by atoms with Crippen LogP contribution in [0.25, 0.3) is 0 Å². The van der Waals surface area contributed by atoms with Gasteiger partial charge in [0.15, 0.2) is 0 Å². The van der Waals surface area contributed by atoms with Gasteiger partial charge in [-0.1, -0.05) is 6.58 Å². The molecule has 6 heteroatoms. The Morgan fingerprint density at radius 1 is 1.43 bits per heavy atom. The van der Waals surface area contributed by atoms with Crippen molar-refractivity contribution in [2.45, 2.75) is 13.8 Å². The lowest BCUT2D eigenvalue weighted by Crippen LogP contribution is -2.09. The van der Waals surface area contributed by atoms with E-state index in [1.54, 1.807) is 6.92 Å². The maximum atomic E-state index is 10.6. The molecule has 0 aromatic rings. The SMILES string of the molecule is C=C(/C(N)=C\C(C)=C(\C)O)S(=O)(=O)O. The minimum Gasteiger partial charge on any atom is -0.512 e. The quantitative estimate of drug-likeness (QED) is 0.374. The second kappa shape index (κ2) is 4.30. The van der Waals surface area contributed by atoms with Gasteiger partial charge < -0.3 is 10.8 Å². The summed E-state index contributed by atoms with van der Waals surface area (Å²) in [5.74, 6) is 0.0103. The first-order valence-corrected chi connectivity index (χ1v) is 5.10. The molecule has 0 bridgehead atoms. The van der Waals surface area contributed by atoms with Gasteiger partial charge in [-0.2, -0.15) is 8.42 Å². The van der Waals surface area contributed by atoms with Crippen LogP contribution in [-0.4, -0.2) is 18.1 Å². The van der Waals surface area contributed by atoms with Gasteiger partial charge in [0, 0.05) is 0 Å². The summed E-state index contributed by atoms with van der Waals surface area (Å²) >= 11 is 0. The van der Waals surface area contributed by atoms with Gasteiger partial charge in [-0.05, 0) is 25.5 Å². The number of hydrogen-bond acceptors (Lipinski definition) is 4. The predicted octanol–water partition coefficient (Wildman–Crippen LogP) is 1.08. The standard InChI is InChI=1S/C8H13NO4S/c1-5(6(2)10)4-8(9)7(3)14(11,12)13/h4,10H,3,9H2,1-2H3,(H,11,12,13)/b6-5-,8-4+. The largest absolute Gasteiger partial charge is 0.512 e. The van der Waals surface area contributed by atoms with E-state index >= 15 is 0 Å². The maximum Gasteiger partial charge on any atom is 0.295 e. The van der Waals surface area contributed by atoms with Crippen molar-refractivity contribution in [2.75, 3.05) is 0 Å². The molecule has 4 N–H and O–H groups in total. The molecule has 0 fully saturated rings. The van der Waals surface area contributed by atoms with E-state index in [1.165, 1.54) is 13.0 Å². The van der Waals surface area contributed by atoms with Crippen molar-refractivity contribution >= 4 is 10.1 Å². The number of allylic oxidation sites excluding steroid dienone is 3. The molecule has 0 radical (unpaired) electrons. The van der Waals surface area contributed by atoms with Crippen LogP contribution in [0.5, 0.6) is 0 Å². The average Bonchev–Trinajstić information content (AvgIpc) is 2.00. The molecular weight excluding hydrogens is 206 g/mol. The summed E-state index contributed by atoms with van der Waals surface area (Å²) in [5.41, 5.74) is 5.51. The van der Waals surface area contributed by atoms with Gasteiger partial charge in [-0.3, -0.25) is 4.55 Å². The highest BCUT2D eigenvalue weighted by molar-refractivity contribution is 7.90. The van der Waals surface area contributed by atoms with Crippen molar-refractivity contribution < 1.29 is 18.1 Å². The molecule has 0 aliphatic heterocycles. The molecule has 0 saturated carbocycles. The van der Waals surface area contributed by atoms with E-state index in [9.17, 15) is 8.42 Å². The van der Waals surface area contributed by atoms with Crippen LogP contribution in [0.3, 0.4) is 0 Å². The van der Waals surface area contributed by atoms with Crippen molar-refractivity contribution in [3.8, 4) is 0 Å². The van der Waals surface area contributed by atoms with Crippen molar-refractivity contribution in [3.63, 3.8) is 0 Å². The van der Waals surface area contributed by atoms with Crippen LogP contribution in [-0.2, 0) is 10.1 Å². The van der Waals surface area contributed by atoms with Crippen molar-refractivity contribution in [1.82, 2.24) is 0 Å². The predicted molar refractivity (Wildman–Crippen MR) is 54.0 cm³/mol. The molecule has 0 atom stereocenters. The highest BCUT2D eigenvalue weighted by Gasteiger charge is 2.13. The number of aliphatic hydroxyl groups is 1. The fourth-order valence-corrected chi connectivity index (χ4v) is 0.924. The highest BCUT2D eigenvalue weighted by Crippen LogP contribution is 2.12. The lowest BCUT2D eigenvalue weighted by Gasteiger charge is -2.02.